The minimum absolute atomic E-state index is 0.233. The number of ether oxygens (including phenoxy) is 1. The first-order chi connectivity index (χ1) is 8.71. The highest BCUT2D eigenvalue weighted by atomic mass is 35.5. The summed E-state index contributed by atoms with van der Waals surface area (Å²) >= 11 is 6.59. The van der Waals surface area contributed by atoms with Crippen LogP contribution >= 0.6 is 11.6 Å². The fourth-order valence-corrected chi connectivity index (χ4v) is 2.87. The van der Waals surface area contributed by atoms with E-state index in [1.165, 1.54) is 31.2 Å². The van der Waals surface area contributed by atoms with Crippen LogP contribution in [0.4, 0.5) is 0 Å². The molecule has 0 aliphatic carbocycles. The van der Waals surface area contributed by atoms with Gasteiger partial charge in [-0.1, -0.05) is 38.8 Å². The summed E-state index contributed by atoms with van der Waals surface area (Å²) in [6, 6.07) is 8.23. The number of halogens is 1. The predicted octanol–water partition coefficient (Wildman–Crippen LogP) is 5.06. The Labute approximate surface area is 116 Å². The Hall–Kier alpha value is -0.690. The first-order valence-electron chi connectivity index (χ1n) is 6.98. The van der Waals surface area contributed by atoms with Gasteiger partial charge < -0.3 is 4.74 Å². The lowest BCUT2D eigenvalue weighted by Gasteiger charge is -2.21. The fourth-order valence-electron chi connectivity index (χ4n) is 2.44. The number of rotatable bonds is 8. The number of alkyl halides is 1. The second-order valence-corrected chi connectivity index (χ2v) is 5.47. The van der Waals surface area contributed by atoms with Crippen LogP contribution in [0.3, 0.4) is 0 Å². The molecule has 0 fully saturated rings. The highest BCUT2D eigenvalue weighted by Crippen LogP contribution is 2.26. The number of benzene rings is 1. The molecular formula is C16H25ClO. The van der Waals surface area contributed by atoms with E-state index in [0.717, 1.165) is 12.2 Å². The first-order valence-corrected chi connectivity index (χ1v) is 7.41. The Kier molecular flexibility index (Phi) is 7.19. The Balaban J connectivity index is 2.62. The molecule has 0 radical (unpaired) electrons. The van der Waals surface area contributed by atoms with Gasteiger partial charge in [0.1, 0.15) is 5.75 Å². The number of hydrogen-bond donors (Lipinski definition) is 0. The van der Waals surface area contributed by atoms with Gasteiger partial charge in [0.2, 0.25) is 0 Å². The summed E-state index contributed by atoms with van der Waals surface area (Å²) in [6.45, 7) is 4.47. The standard InChI is InChI=1S/C16H25ClO/c1-4-7-14(8-5-2)16(17)12-13-9-6-10-15(11-13)18-3/h6,9-11,14,16H,4-5,7-8,12H2,1-3H3. The molecule has 1 aromatic rings. The van der Waals surface area contributed by atoms with Crippen LogP contribution in [0, 0.1) is 5.92 Å². The van der Waals surface area contributed by atoms with E-state index in [2.05, 4.69) is 26.0 Å². The van der Waals surface area contributed by atoms with Gasteiger partial charge in [-0.15, -0.1) is 11.6 Å². The van der Waals surface area contributed by atoms with Crippen LogP contribution in [0.25, 0.3) is 0 Å². The third-order valence-electron chi connectivity index (χ3n) is 3.40. The molecule has 0 saturated heterocycles. The van der Waals surface area contributed by atoms with Crippen molar-refractivity contribution in [3.05, 3.63) is 29.8 Å². The third kappa shape index (κ3) is 4.89. The minimum atomic E-state index is 0.233. The SMILES string of the molecule is CCCC(CCC)C(Cl)Cc1cccc(OC)c1. The molecule has 0 N–H and O–H groups in total. The lowest BCUT2D eigenvalue weighted by Crippen LogP contribution is -2.17. The lowest BCUT2D eigenvalue weighted by molar-refractivity contribution is 0.409. The van der Waals surface area contributed by atoms with Gasteiger partial charge in [-0.3, -0.25) is 0 Å². The summed E-state index contributed by atoms with van der Waals surface area (Å²) in [5.41, 5.74) is 1.27. The maximum atomic E-state index is 6.59. The molecule has 0 aliphatic heterocycles. The molecule has 102 valence electrons. The Morgan fingerprint density at radius 1 is 1.17 bits per heavy atom. The second-order valence-electron chi connectivity index (χ2n) is 4.91. The molecule has 0 spiro atoms. The number of hydrogen-bond acceptors (Lipinski definition) is 1. The summed E-state index contributed by atoms with van der Waals surface area (Å²) in [6.07, 6.45) is 5.82. The molecule has 0 saturated carbocycles. The van der Waals surface area contributed by atoms with Crippen LogP contribution in [-0.2, 0) is 6.42 Å². The quantitative estimate of drug-likeness (QED) is 0.599. The van der Waals surface area contributed by atoms with Crippen LogP contribution in [-0.4, -0.2) is 12.5 Å². The average molecular weight is 269 g/mol. The molecule has 0 aliphatic rings. The van der Waals surface area contributed by atoms with E-state index in [0.29, 0.717) is 5.92 Å². The van der Waals surface area contributed by atoms with Crippen molar-refractivity contribution in [1.29, 1.82) is 0 Å². The van der Waals surface area contributed by atoms with Gasteiger partial charge >= 0.3 is 0 Å². The molecule has 1 rings (SSSR count). The molecule has 0 aromatic heterocycles. The molecular weight excluding hydrogens is 244 g/mol. The fraction of sp³-hybridized carbons (Fsp3) is 0.625. The van der Waals surface area contributed by atoms with Crippen LogP contribution in [0.15, 0.2) is 24.3 Å². The summed E-state index contributed by atoms with van der Waals surface area (Å²) in [4.78, 5) is 0. The van der Waals surface area contributed by atoms with Crippen molar-refractivity contribution in [3.8, 4) is 5.75 Å². The zero-order valence-corrected chi connectivity index (χ0v) is 12.5. The summed E-state index contributed by atoms with van der Waals surface area (Å²) in [5, 5.41) is 0.233. The van der Waals surface area contributed by atoms with Crippen molar-refractivity contribution in [2.45, 2.75) is 51.3 Å². The van der Waals surface area contributed by atoms with Gasteiger partial charge in [-0.05, 0) is 42.9 Å². The summed E-state index contributed by atoms with van der Waals surface area (Å²) in [5.74, 6) is 1.55. The van der Waals surface area contributed by atoms with Crippen molar-refractivity contribution in [2.24, 2.45) is 5.92 Å². The van der Waals surface area contributed by atoms with Crippen molar-refractivity contribution >= 4 is 11.6 Å². The Morgan fingerprint density at radius 3 is 2.39 bits per heavy atom. The highest BCUT2D eigenvalue weighted by Gasteiger charge is 2.18. The van der Waals surface area contributed by atoms with Crippen LogP contribution in [0.5, 0.6) is 5.75 Å². The molecule has 1 aromatic carbocycles. The largest absolute Gasteiger partial charge is 0.497 e. The van der Waals surface area contributed by atoms with Gasteiger partial charge in [0, 0.05) is 5.38 Å². The molecule has 1 unspecified atom stereocenters. The van der Waals surface area contributed by atoms with Crippen LogP contribution in [0.1, 0.15) is 45.1 Å². The lowest BCUT2D eigenvalue weighted by atomic mass is 9.91. The molecule has 0 bridgehead atoms. The van der Waals surface area contributed by atoms with Gasteiger partial charge in [0.25, 0.3) is 0 Å². The van der Waals surface area contributed by atoms with E-state index < -0.39 is 0 Å². The van der Waals surface area contributed by atoms with Crippen LogP contribution < -0.4 is 4.74 Å². The molecule has 2 heteroatoms. The van der Waals surface area contributed by atoms with Crippen molar-refractivity contribution in [3.63, 3.8) is 0 Å². The highest BCUT2D eigenvalue weighted by molar-refractivity contribution is 6.20. The second kappa shape index (κ2) is 8.42. The maximum Gasteiger partial charge on any atom is 0.119 e. The smallest absolute Gasteiger partial charge is 0.119 e. The van der Waals surface area contributed by atoms with E-state index in [1.54, 1.807) is 7.11 Å². The van der Waals surface area contributed by atoms with Crippen molar-refractivity contribution < 1.29 is 4.74 Å². The zero-order valence-electron chi connectivity index (χ0n) is 11.8. The van der Waals surface area contributed by atoms with E-state index in [1.807, 2.05) is 12.1 Å². The summed E-state index contributed by atoms with van der Waals surface area (Å²) in [7, 11) is 1.70. The van der Waals surface area contributed by atoms with Crippen molar-refractivity contribution in [1.82, 2.24) is 0 Å². The van der Waals surface area contributed by atoms with Crippen molar-refractivity contribution in [2.75, 3.05) is 7.11 Å². The van der Waals surface area contributed by atoms with Gasteiger partial charge in [0.05, 0.1) is 7.11 Å². The topological polar surface area (TPSA) is 9.23 Å². The summed E-state index contributed by atoms with van der Waals surface area (Å²) < 4.78 is 5.25. The average Bonchev–Trinajstić information content (AvgIpc) is 2.38. The molecule has 18 heavy (non-hydrogen) atoms. The monoisotopic (exact) mass is 268 g/mol. The van der Waals surface area contributed by atoms with Crippen LogP contribution in [0.2, 0.25) is 0 Å². The van der Waals surface area contributed by atoms with E-state index in [4.69, 9.17) is 16.3 Å². The van der Waals surface area contributed by atoms with Gasteiger partial charge in [0.15, 0.2) is 0 Å². The van der Waals surface area contributed by atoms with Gasteiger partial charge in [-0.25, -0.2) is 0 Å². The van der Waals surface area contributed by atoms with Gasteiger partial charge in [-0.2, -0.15) is 0 Å². The number of methoxy groups -OCH3 is 1. The van der Waals surface area contributed by atoms with E-state index in [9.17, 15) is 0 Å². The van der Waals surface area contributed by atoms with E-state index in [-0.39, 0.29) is 5.38 Å². The molecule has 0 heterocycles. The van der Waals surface area contributed by atoms with E-state index >= 15 is 0 Å². The first kappa shape index (κ1) is 15.4. The minimum Gasteiger partial charge on any atom is -0.497 e. The maximum absolute atomic E-state index is 6.59. The zero-order chi connectivity index (χ0) is 13.4. The molecule has 1 atom stereocenters. The third-order valence-corrected chi connectivity index (χ3v) is 3.91. The normalized spacial score (nSPS) is 12.7. The predicted molar refractivity (Wildman–Crippen MR) is 79.6 cm³/mol. The Morgan fingerprint density at radius 2 is 1.83 bits per heavy atom. The Bertz CT molecular complexity index is 332. The molecule has 1 nitrogen and oxygen atoms in total. The molecule has 0 amide bonds.